The lowest BCUT2D eigenvalue weighted by molar-refractivity contribution is -0.144. The molecule has 0 fully saturated rings. The van der Waals surface area contributed by atoms with Crippen molar-refractivity contribution in [2.24, 2.45) is 0 Å². The van der Waals surface area contributed by atoms with Crippen LogP contribution in [-0.2, 0) is 9.53 Å². The zero-order valence-corrected chi connectivity index (χ0v) is 7.57. The van der Waals surface area contributed by atoms with Gasteiger partial charge in [0.2, 0.25) is 0 Å². The van der Waals surface area contributed by atoms with E-state index in [-0.39, 0.29) is 12.1 Å². The average Bonchev–Trinajstić information content (AvgIpc) is 2.15. The molecule has 0 saturated heterocycles. The number of esters is 1. The van der Waals surface area contributed by atoms with Crippen LogP contribution < -0.4 is 0 Å². The van der Waals surface area contributed by atoms with Crippen LogP contribution in [0.5, 0.6) is 0 Å². The van der Waals surface area contributed by atoms with Crippen LogP contribution in [0.1, 0.15) is 18.6 Å². The van der Waals surface area contributed by atoms with Crippen LogP contribution in [0.25, 0.3) is 0 Å². The molecule has 0 aliphatic heterocycles. The van der Waals surface area contributed by atoms with Crippen molar-refractivity contribution < 1.29 is 9.53 Å². The number of hydrogen-bond acceptors (Lipinski definition) is 2. The minimum Gasteiger partial charge on any atom is -0.453 e. The molecule has 0 radical (unpaired) electrons. The van der Waals surface area contributed by atoms with Crippen molar-refractivity contribution in [3.8, 4) is 0 Å². The van der Waals surface area contributed by atoms with Crippen molar-refractivity contribution in [2.75, 3.05) is 0 Å². The first-order valence-corrected chi connectivity index (χ1v) is 4.08. The molecule has 0 saturated carbocycles. The predicted octanol–water partition coefficient (Wildman–Crippen LogP) is 2.48. The molecule has 13 heavy (non-hydrogen) atoms. The van der Waals surface area contributed by atoms with Gasteiger partial charge in [-0.25, -0.2) is 0 Å². The van der Waals surface area contributed by atoms with E-state index in [0.29, 0.717) is 0 Å². The van der Waals surface area contributed by atoms with Gasteiger partial charge in [-0.2, -0.15) is 0 Å². The first kappa shape index (κ1) is 9.52. The van der Waals surface area contributed by atoms with Crippen molar-refractivity contribution >= 4 is 5.97 Å². The highest BCUT2D eigenvalue weighted by Crippen LogP contribution is 2.17. The Hall–Kier alpha value is -1.57. The number of carbonyl (C=O) groups is 1. The molecule has 1 atom stereocenters. The monoisotopic (exact) mass is 176 g/mol. The van der Waals surface area contributed by atoms with Gasteiger partial charge in [0, 0.05) is 6.92 Å². The largest absolute Gasteiger partial charge is 0.453 e. The maximum absolute atomic E-state index is 10.7. The molecule has 0 heterocycles. The summed E-state index contributed by atoms with van der Waals surface area (Å²) in [6, 6.07) is 9.51. The average molecular weight is 176 g/mol. The van der Waals surface area contributed by atoms with Gasteiger partial charge in [-0.05, 0) is 11.6 Å². The molecule has 0 unspecified atom stereocenters. The lowest BCUT2D eigenvalue weighted by atomic mass is 10.1. The van der Waals surface area contributed by atoms with Gasteiger partial charge in [0.25, 0.3) is 0 Å². The minimum atomic E-state index is -0.335. The summed E-state index contributed by atoms with van der Waals surface area (Å²) >= 11 is 0. The van der Waals surface area contributed by atoms with Gasteiger partial charge in [-0.3, -0.25) is 4.79 Å². The quantitative estimate of drug-likeness (QED) is 0.522. The molecule has 1 rings (SSSR count). The Morgan fingerprint density at radius 3 is 2.54 bits per heavy atom. The molecule has 1 aromatic carbocycles. The van der Waals surface area contributed by atoms with Crippen LogP contribution in [0, 0.1) is 0 Å². The van der Waals surface area contributed by atoms with E-state index in [4.69, 9.17) is 4.74 Å². The van der Waals surface area contributed by atoms with Crippen LogP contribution in [0.2, 0.25) is 0 Å². The van der Waals surface area contributed by atoms with Gasteiger partial charge in [-0.1, -0.05) is 36.9 Å². The molecule has 2 heteroatoms. The number of ether oxygens (including phenoxy) is 1. The molecule has 68 valence electrons. The zero-order valence-electron chi connectivity index (χ0n) is 7.57. The Kier molecular flexibility index (Phi) is 3.26. The summed E-state index contributed by atoms with van der Waals surface area (Å²) in [4.78, 5) is 10.7. The van der Waals surface area contributed by atoms with Crippen molar-refractivity contribution in [1.29, 1.82) is 0 Å². The third-order valence-electron chi connectivity index (χ3n) is 1.64. The molecular formula is C11H12O2. The van der Waals surface area contributed by atoms with Crippen LogP contribution in [0.3, 0.4) is 0 Å². The standard InChI is InChI=1S/C11H12O2/c1-3-11(13-9(2)12)10-7-5-4-6-8-10/h3-8,11H,1H2,2H3/t11-/m1/s1. The van der Waals surface area contributed by atoms with E-state index in [0.717, 1.165) is 5.56 Å². The van der Waals surface area contributed by atoms with Crippen molar-refractivity contribution in [3.63, 3.8) is 0 Å². The number of rotatable bonds is 3. The van der Waals surface area contributed by atoms with Crippen LogP contribution in [-0.4, -0.2) is 5.97 Å². The van der Waals surface area contributed by atoms with E-state index < -0.39 is 0 Å². The Morgan fingerprint density at radius 2 is 2.08 bits per heavy atom. The van der Waals surface area contributed by atoms with Crippen LogP contribution in [0.4, 0.5) is 0 Å². The molecule has 0 spiro atoms. The van der Waals surface area contributed by atoms with Crippen molar-refractivity contribution in [2.45, 2.75) is 13.0 Å². The second kappa shape index (κ2) is 4.45. The number of benzene rings is 1. The fourth-order valence-corrected chi connectivity index (χ4v) is 1.07. The van der Waals surface area contributed by atoms with E-state index in [1.54, 1.807) is 6.08 Å². The number of hydrogen-bond donors (Lipinski definition) is 0. The Morgan fingerprint density at radius 1 is 1.46 bits per heavy atom. The van der Waals surface area contributed by atoms with Crippen molar-refractivity contribution in [3.05, 3.63) is 48.6 Å². The molecule has 2 nitrogen and oxygen atoms in total. The summed E-state index contributed by atoms with van der Waals surface area (Å²) in [5, 5.41) is 0. The summed E-state index contributed by atoms with van der Waals surface area (Å²) in [5.41, 5.74) is 0.938. The van der Waals surface area contributed by atoms with E-state index >= 15 is 0 Å². The molecule has 0 amide bonds. The van der Waals surface area contributed by atoms with E-state index in [1.165, 1.54) is 6.92 Å². The summed E-state index contributed by atoms with van der Waals surface area (Å²) in [7, 11) is 0. The predicted molar refractivity (Wildman–Crippen MR) is 51.1 cm³/mol. The second-order valence-electron chi connectivity index (χ2n) is 2.68. The molecule has 0 bridgehead atoms. The molecule has 0 aliphatic carbocycles. The summed E-state index contributed by atoms with van der Waals surface area (Å²) in [6.07, 6.45) is 1.27. The Bertz CT molecular complexity index is 290. The molecule has 0 aliphatic rings. The molecule has 0 N–H and O–H groups in total. The van der Waals surface area contributed by atoms with Crippen LogP contribution in [0.15, 0.2) is 43.0 Å². The van der Waals surface area contributed by atoms with Gasteiger partial charge in [-0.15, -0.1) is 0 Å². The van der Waals surface area contributed by atoms with Crippen molar-refractivity contribution in [1.82, 2.24) is 0 Å². The summed E-state index contributed by atoms with van der Waals surface area (Å²) in [6.45, 7) is 5.00. The molecule has 0 aromatic heterocycles. The lowest BCUT2D eigenvalue weighted by Crippen LogP contribution is -2.05. The SMILES string of the molecule is C=C[C@@H](OC(C)=O)c1ccccc1. The zero-order chi connectivity index (χ0) is 9.68. The summed E-state index contributed by atoms with van der Waals surface area (Å²) in [5.74, 6) is -0.297. The van der Waals surface area contributed by atoms with Gasteiger partial charge >= 0.3 is 5.97 Å². The fourth-order valence-electron chi connectivity index (χ4n) is 1.07. The Labute approximate surface area is 77.8 Å². The van der Waals surface area contributed by atoms with Gasteiger partial charge < -0.3 is 4.74 Å². The fraction of sp³-hybridized carbons (Fsp3) is 0.182. The maximum Gasteiger partial charge on any atom is 0.303 e. The maximum atomic E-state index is 10.7. The lowest BCUT2D eigenvalue weighted by Gasteiger charge is -2.12. The third-order valence-corrected chi connectivity index (χ3v) is 1.64. The van der Waals surface area contributed by atoms with Crippen LogP contribution >= 0.6 is 0 Å². The first-order chi connectivity index (χ1) is 6.24. The smallest absolute Gasteiger partial charge is 0.303 e. The summed E-state index contributed by atoms with van der Waals surface area (Å²) < 4.78 is 5.03. The molecular weight excluding hydrogens is 164 g/mol. The normalized spacial score (nSPS) is 11.8. The minimum absolute atomic E-state index is 0.297. The van der Waals surface area contributed by atoms with E-state index in [9.17, 15) is 4.79 Å². The topological polar surface area (TPSA) is 26.3 Å². The van der Waals surface area contributed by atoms with Gasteiger partial charge in [0.15, 0.2) is 0 Å². The van der Waals surface area contributed by atoms with E-state index in [2.05, 4.69) is 6.58 Å². The third kappa shape index (κ3) is 2.75. The highest BCUT2D eigenvalue weighted by molar-refractivity contribution is 5.66. The highest BCUT2D eigenvalue weighted by atomic mass is 16.5. The Balaban J connectivity index is 2.78. The van der Waals surface area contributed by atoms with E-state index in [1.807, 2.05) is 30.3 Å². The molecule has 1 aromatic rings. The van der Waals surface area contributed by atoms with Gasteiger partial charge in [0.1, 0.15) is 6.10 Å². The highest BCUT2D eigenvalue weighted by Gasteiger charge is 2.08. The first-order valence-electron chi connectivity index (χ1n) is 4.08. The van der Waals surface area contributed by atoms with Gasteiger partial charge in [0.05, 0.1) is 0 Å². The second-order valence-corrected chi connectivity index (χ2v) is 2.68. The number of carbonyl (C=O) groups excluding carboxylic acids is 1.